The topological polar surface area (TPSA) is 89.0 Å². The molecule has 0 saturated heterocycles. The van der Waals surface area contributed by atoms with E-state index in [0.717, 1.165) is 63.4 Å². The Morgan fingerprint density at radius 3 is 2.45 bits per heavy atom. The van der Waals surface area contributed by atoms with Crippen molar-refractivity contribution < 1.29 is 24.2 Å². The molecule has 5 rings (SSSR count). The Morgan fingerprint density at radius 2 is 1.80 bits per heavy atom. The molecule has 40 heavy (non-hydrogen) atoms. The van der Waals surface area contributed by atoms with Crippen molar-refractivity contribution in [2.45, 2.75) is 79.4 Å². The predicted octanol–water partition coefficient (Wildman–Crippen LogP) is 6.45. The number of carbonyl (C=O) groups is 2. The van der Waals surface area contributed by atoms with Crippen LogP contribution in [-0.2, 0) is 22.4 Å². The molecular formula is C33H38N2O5. The van der Waals surface area contributed by atoms with Crippen LogP contribution in [0.1, 0.15) is 82.7 Å². The number of benzene rings is 2. The molecule has 0 saturated carbocycles. The Morgan fingerprint density at radius 1 is 1.05 bits per heavy atom. The second-order valence-electron chi connectivity index (χ2n) is 11.9. The van der Waals surface area contributed by atoms with Crippen LogP contribution in [0, 0.1) is 27.7 Å². The van der Waals surface area contributed by atoms with E-state index in [1.165, 1.54) is 5.56 Å². The lowest BCUT2D eigenvalue weighted by molar-refractivity contribution is -0.160. The van der Waals surface area contributed by atoms with Gasteiger partial charge in [0, 0.05) is 29.7 Å². The van der Waals surface area contributed by atoms with Crippen LogP contribution in [0.2, 0.25) is 0 Å². The van der Waals surface area contributed by atoms with Crippen molar-refractivity contribution in [2.24, 2.45) is 0 Å². The fraction of sp³-hybridized carbons (Fsp3) is 0.424. The van der Waals surface area contributed by atoms with Crippen LogP contribution in [0.3, 0.4) is 0 Å². The molecule has 0 aliphatic carbocycles. The standard InChI is InChI=1S/C33H38N2O5/c1-18-16-26-24(12-13-35(26)31(36)22-11-10-20(3)34-17-22)28(27(18)30(32(37)38)40-33(5,6)7)25-15-19(2)29-23(21(25)4)9-8-14-39-29/h10-11,15-17,30H,8-9,12-14H2,1-7H3,(H,37,38)/t30-/m0/s1. The molecule has 7 heteroatoms. The summed E-state index contributed by atoms with van der Waals surface area (Å²) in [5, 5.41) is 10.4. The number of amides is 1. The summed E-state index contributed by atoms with van der Waals surface area (Å²) >= 11 is 0. The number of aromatic nitrogens is 1. The lowest BCUT2D eigenvalue weighted by Crippen LogP contribution is -2.30. The highest BCUT2D eigenvalue weighted by atomic mass is 16.5. The SMILES string of the molecule is Cc1ccc(C(=O)N2CCc3c2cc(C)c([C@H](OC(C)(C)C)C(=O)O)c3-c2cc(C)c3c(c2C)CCCO3)cn1. The van der Waals surface area contributed by atoms with Crippen molar-refractivity contribution in [3.8, 4) is 16.9 Å². The van der Waals surface area contributed by atoms with Crippen molar-refractivity contribution in [1.29, 1.82) is 0 Å². The predicted molar refractivity (Wildman–Crippen MR) is 155 cm³/mol. The highest BCUT2D eigenvalue weighted by Gasteiger charge is 2.37. The fourth-order valence-electron chi connectivity index (χ4n) is 6.03. The van der Waals surface area contributed by atoms with Gasteiger partial charge in [0.1, 0.15) is 5.75 Å². The average Bonchev–Trinajstić information content (AvgIpc) is 3.31. The van der Waals surface area contributed by atoms with Crippen LogP contribution in [0.15, 0.2) is 30.5 Å². The zero-order chi connectivity index (χ0) is 28.9. The highest BCUT2D eigenvalue weighted by molar-refractivity contribution is 6.08. The third kappa shape index (κ3) is 4.99. The molecule has 2 aliphatic rings. The van der Waals surface area contributed by atoms with Gasteiger partial charge in [0.25, 0.3) is 5.91 Å². The van der Waals surface area contributed by atoms with Gasteiger partial charge in [-0.15, -0.1) is 0 Å². The van der Waals surface area contributed by atoms with E-state index in [1.54, 1.807) is 17.2 Å². The van der Waals surface area contributed by atoms with Gasteiger partial charge in [-0.3, -0.25) is 9.78 Å². The number of rotatable bonds is 5. The zero-order valence-electron chi connectivity index (χ0n) is 24.5. The van der Waals surface area contributed by atoms with E-state index in [1.807, 2.05) is 53.7 Å². The van der Waals surface area contributed by atoms with Crippen LogP contribution >= 0.6 is 0 Å². The van der Waals surface area contributed by atoms with Crippen molar-refractivity contribution >= 4 is 17.6 Å². The first-order valence-corrected chi connectivity index (χ1v) is 13.9. The second-order valence-corrected chi connectivity index (χ2v) is 11.9. The summed E-state index contributed by atoms with van der Waals surface area (Å²) in [6.45, 7) is 14.8. The van der Waals surface area contributed by atoms with Crippen molar-refractivity contribution in [3.63, 3.8) is 0 Å². The number of carboxylic acid groups (broad SMARTS) is 1. The average molecular weight is 543 g/mol. The molecule has 0 spiro atoms. The Kier molecular flexibility index (Phi) is 7.21. The van der Waals surface area contributed by atoms with Gasteiger partial charge in [0.15, 0.2) is 6.10 Å². The van der Waals surface area contributed by atoms with Gasteiger partial charge in [0.05, 0.1) is 17.8 Å². The number of pyridine rings is 1. The monoisotopic (exact) mass is 542 g/mol. The van der Waals surface area contributed by atoms with Crippen molar-refractivity contribution in [1.82, 2.24) is 4.98 Å². The molecule has 1 amide bonds. The number of nitrogens with zero attached hydrogens (tertiary/aromatic N) is 2. The smallest absolute Gasteiger partial charge is 0.337 e. The van der Waals surface area contributed by atoms with E-state index < -0.39 is 17.7 Å². The summed E-state index contributed by atoms with van der Waals surface area (Å²) in [6.07, 6.45) is 2.90. The molecule has 3 heterocycles. The number of carboxylic acids is 1. The Bertz CT molecular complexity index is 1500. The Balaban J connectivity index is 1.77. The zero-order valence-corrected chi connectivity index (χ0v) is 24.5. The number of carbonyl (C=O) groups excluding carboxylic acids is 1. The minimum Gasteiger partial charge on any atom is -0.493 e. The number of hydrogen-bond donors (Lipinski definition) is 1. The lowest BCUT2D eigenvalue weighted by Gasteiger charge is -2.31. The Labute approximate surface area is 236 Å². The second kappa shape index (κ2) is 10.4. The maximum atomic E-state index is 13.7. The first kappa shape index (κ1) is 27.8. The minimum atomic E-state index is -1.17. The minimum absolute atomic E-state index is 0.114. The number of anilines is 1. The summed E-state index contributed by atoms with van der Waals surface area (Å²) in [6, 6.07) is 7.71. The number of aliphatic carboxylic acids is 1. The van der Waals surface area contributed by atoms with Gasteiger partial charge in [-0.05, 0) is 131 Å². The van der Waals surface area contributed by atoms with Crippen molar-refractivity contribution in [2.75, 3.05) is 18.1 Å². The number of ether oxygens (including phenoxy) is 2. The summed E-state index contributed by atoms with van der Waals surface area (Å²) in [7, 11) is 0. The molecule has 2 aliphatic heterocycles. The van der Waals surface area contributed by atoms with E-state index in [-0.39, 0.29) is 5.91 Å². The highest BCUT2D eigenvalue weighted by Crippen LogP contribution is 2.48. The maximum absolute atomic E-state index is 13.7. The molecule has 7 nitrogen and oxygen atoms in total. The van der Waals surface area contributed by atoms with E-state index in [9.17, 15) is 14.7 Å². The summed E-state index contributed by atoms with van der Waals surface area (Å²) in [5.74, 6) is -0.217. The molecule has 0 radical (unpaired) electrons. The number of fused-ring (bicyclic) bond motifs is 2. The summed E-state index contributed by atoms with van der Waals surface area (Å²) in [4.78, 5) is 32.5. The van der Waals surface area contributed by atoms with Crippen LogP contribution in [0.25, 0.3) is 11.1 Å². The molecule has 1 N–H and O–H groups in total. The maximum Gasteiger partial charge on any atom is 0.337 e. The van der Waals surface area contributed by atoms with Gasteiger partial charge < -0.3 is 19.5 Å². The fourth-order valence-corrected chi connectivity index (χ4v) is 6.03. The molecule has 1 atom stereocenters. The van der Waals surface area contributed by atoms with Gasteiger partial charge in [0.2, 0.25) is 0 Å². The van der Waals surface area contributed by atoms with Crippen LogP contribution in [0.4, 0.5) is 5.69 Å². The van der Waals surface area contributed by atoms with E-state index in [2.05, 4.69) is 18.0 Å². The van der Waals surface area contributed by atoms with E-state index in [4.69, 9.17) is 9.47 Å². The molecule has 0 unspecified atom stereocenters. The van der Waals surface area contributed by atoms with Crippen LogP contribution < -0.4 is 9.64 Å². The first-order valence-electron chi connectivity index (χ1n) is 13.9. The number of aryl methyl sites for hydroxylation is 3. The molecule has 3 aromatic rings. The van der Waals surface area contributed by atoms with Gasteiger partial charge in [-0.1, -0.05) is 0 Å². The Hall–Kier alpha value is -3.71. The molecule has 2 aromatic carbocycles. The summed E-state index contributed by atoms with van der Waals surface area (Å²) in [5.41, 5.74) is 9.02. The van der Waals surface area contributed by atoms with Crippen LogP contribution in [0.5, 0.6) is 5.75 Å². The number of hydrogen-bond acceptors (Lipinski definition) is 5. The van der Waals surface area contributed by atoms with Crippen LogP contribution in [-0.4, -0.2) is 40.7 Å². The molecular weight excluding hydrogens is 504 g/mol. The van der Waals surface area contributed by atoms with Gasteiger partial charge in [-0.25, -0.2) is 4.79 Å². The first-order chi connectivity index (χ1) is 18.9. The largest absolute Gasteiger partial charge is 0.493 e. The van der Waals surface area contributed by atoms with E-state index in [0.29, 0.717) is 30.7 Å². The molecule has 210 valence electrons. The third-order valence-corrected chi connectivity index (χ3v) is 7.83. The third-order valence-electron chi connectivity index (χ3n) is 7.83. The summed E-state index contributed by atoms with van der Waals surface area (Å²) < 4.78 is 12.3. The normalized spacial score (nSPS) is 15.3. The lowest BCUT2D eigenvalue weighted by atomic mass is 9.82. The molecule has 1 aromatic heterocycles. The van der Waals surface area contributed by atoms with Gasteiger partial charge in [-0.2, -0.15) is 0 Å². The molecule has 0 bridgehead atoms. The van der Waals surface area contributed by atoms with Gasteiger partial charge >= 0.3 is 5.97 Å². The van der Waals surface area contributed by atoms with E-state index >= 15 is 0 Å². The molecule has 0 fully saturated rings. The van der Waals surface area contributed by atoms with Crippen molar-refractivity contribution in [3.05, 3.63) is 75.1 Å². The quantitative estimate of drug-likeness (QED) is 0.399.